The molecule has 0 aliphatic rings. The van der Waals surface area contributed by atoms with E-state index in [2.05, 4.69) is 25.8 Å². The minimum Gasteiger partial charge on any atom is -0.310 e. The lowest BCUT2D eigenvalue weighted by Crippen LogP contribution is -2.03. The number of hydrogen-bond donors (Lipinski definition) is 0. The first-order valence-corrected chi connectivity index (χ1v) is 12.6. The molecular weight excluding hydrogens is 418 g/mol. The van der Waals surface area contributed by atoms with Crippen LogP contribution >= 0.6 is 0 Å². The standard InChI is InChI=1S/C21H25N5O2S2/c1-8-30(28)19-17(24-26-14(5)12(3)11(2)13(4)18(19)26)21-23-16-9-15(29(7)27)10-22-20(16)25(21)6/h9-10H,8H2,1-7H3. The Balaban J connectivity index is 2.12. The summed E-state index contributed by atoms with van der Waals surface area (Å²) in [6.07, 6.45) is 3.23. The monoisotopic (exact) mass is 443 g/mol. The van der Waals surface area contributed by atoms with Gasteiger partial charge in [-0.25, -0.2) is 14.5 Å². The summed E-state index contributed by atoms with van der Waals surface area (Å²) in [5, 5.41) is 4.88. The molecule has 0 saturated heterocycles. The molecule has 0 aliphatic heterocycles. The van der Waals surface area contributed by atoms with Crippen molar-refractivity contribution < 1.29 is 8.42 Å². The zero-order chi connectivity index (χ0) is 21.9. The minimum atomic E-state index is -1.23. The van der Waals surface area contributed by atoms with E-state index in [0.717, 1.165) is 16.8 Å². The summed E-state index contributed by atoms with van der Waals surface area (Å²) < 4.78 is 28.8. The van der Waals surface area contributed by atoms with Crippen molar-refractivity contribution in [3.63, 3.8) is 0 Å². The van der Waals surface area contributed by atoms with Gasteiger partial charge in [0.25, 0.3) is 0 Å². The molecule has 2 unspecified atom stereocenters. The van der Waals surface area contributed by atoms with Crippen LogP contribution in [0.15, 0.2) is 22.1 Å². The van der Waals surface area contributed by atoms with Crippen LogP contribution in [0.1, 0.15) is 29.3 Å². The molecule has 4 aromatic heterocycles. The summed E-state index contributed by atoms with van der Waals surface area (Å²) in [6.45, 7) is 10.2. The Labute approximate surface area is 180 Å². The third-order valence-electron chi connectivity index (χ3n) is 5.90. The lowest BCUT2D eigenvalue weighted by Gasteiger charge is -2.12. The zero-order valence-corrected chi connectivity index (χ0v) is 19.9. The molecule has 0 amide bonds. The molecule has 4 heterocycles. The van der Waals surface area contributed by atoms with Crippen LogP contribution in [0.4, 0.5) is 0 Å². The summed E-state index contributed by atoms with van der Waals surface area (Å²) in [4.78, 5) is 10.5. The van der Waals surface area contributed by atoms with Gasteiger partial charge in [-0.05, 0) is 50.5 Å². The Bertz CT molecular complexity index is 1380. The normalized spacial score (nSPS) is 14.0. The molecule has 0 fully saturated rings. The fourth-order valence-electron chi connectivity index (χ4n) is 3.80. The van der Waals surface area contributed by atoms with Crippen molar-refractivity contribution >= 4 is 38.3 Å². The van der Waals surface area contributed by atoms with Crippen molar-refractivity contribution in [2.75, 3.05) is 12.0 Å². The smallest absolute Gasteiger partial charge is 0.163 e. The van der Waals surface area contributed by atoms with E-state index in [0.29, 0.717) is 38.2 Å². The van der Waals surface area contributed by atoms with Gasteiger partial charge in [0.15, 0.2) is 11.5 Å². The summed E-state index contributed by atoms with van der Waals surface area (Å²) in [6, 6.07) is 1.79. The third kappa shape index (κ3) is 2.94. The fourth-order valence-corrected chi connectivity index (χ4v) is 5.37. The molecule has 7 nitrogen and oxygen atoms in total. The second-order valence-corrected chi connectivity index (χ2v) is 10.6. The number of aryl methyl sites for hydroxylation is 3. The lowest BCUT2D eigenvalue weighted by molar-refractivity contribution is 0.684. The topological polar surface area (TPSA) is 82.1 Å². The molecule has 30 heavy (non-hydrogen) atoms. The Morgan fingerprint density at radius 2 is 1.77 bits per heavy atom. The molecule has 2 atom stereocenters. The van der Waals surface area contributed by atoms with E-state index in [-0.39, 0.29) is 0 Å². The maximum Gasteiger partial charge on any atom is 0.163 e. The first-order valence-electron chi connectivity index (χ1n) is 9.71. The first-order chi connectivity index (χ1) is 14.2. The highest BCUT2D eigenvalue weighted by Crippen LogP contribution is 2.34. The van der Waals surface area contributed by atoms with E-state index < -0.39 is 21.6 Å². The van der Waals surface area contributed by atoms with E-state index in [1.807, 2.05) is 30.0 Å². The molecule has 0 N–H and O–H groups in total. The van der Waals surface area contributed by atoms with Crippen LogP contribution in [0.3, 0.4) is 0 Å². The largest absolute Gasteiger partial charge is 0.310 e. The molecule has 0 aromatic carbocycles. The van der Waals surface area contributed by atoms with Crippen LogP contribution in [0.2, 0.25) is 0 Å². The second kappa shape index (κ2) is 7.39. The molecule has 0 spiro atoms. The second-order valence-electron chi connectivity index (χ2n) is 7.50. The highest BCUT2D eigenvalue weighted by atomic mass is 32.2. The predicted octanol–water partition coefficient (Wildman–Crippen LogP) is 3.38. The Hall–Kier alpha value is -2.39. The molecule has 0 aliphatic carbocycles. The number of aromatic nitrogens is 5. The molecule has 4 rings (SSSR count). The lowest BCUT2D eigenvalue weighted by atomic mass is 10.0. The number of pyridine rings is 2. The van der Waals surface area contributed by atoms with Gasteiger partial charge >= 0.3 is 0 Å². The van der Waals surface area contributed by atoms with Crippen LogP contribution in [-0.4, -0.2) is 44.6 Å². The van der Waals surface area contributed by atoms with Gasteiger partial charge in [-0.1, -0.05) is 6.92 Å². The Morgan fingerprint density at radius 1 is 1.07 bits per heavy atom. The maximum atomic E-state index is 13.2. The quantitative estimate of drug-likeness (QED) is 0.483. The van der Waals surface area contributed by atoms with E-state index in [4.69, 9.17) is 10.1 Å². The number of rotatable bonds is 4. The van der Waals surface area contributed by atoms with Crippen LogP contribution in [0.25, 0.3) is 28.2 Å². The van der Waals surface area contributed by atoms with Crippen molar-refractivity contribution in [3.8, 4) is 11.5 Å². The van der Waals surface area contributed by atoms with Crippen molar-refractivity contribution in [2.24, 2.45) is 7.05 Å². The average Bonchev–Trinajstić information content (AvgIpc) is 3.28. The number of nitrogens with zero attached hydrogens (tertiary/aromatic N) is 5. The molecular formula is C21H25N5O2S2. The SMILES string of the molecule is CCS(=O)c1c(-c2nc3cc(S(C)=O)cnc3n2C)nn2c(C)c(C)c(C)c(C)c12. The van der Waals surface area contributed by atoms with Gasteiger partial charge in [-0.3, -0.25) is 8.42 Å². The Kier molecular flexibility index (Phi) is 5.14. The number of hydrogen-bond acceptors (Lipinski definition) is 5. The average molecular weight is 444 g/mol. The Morgan fingerprint density at radius 3 is 2.40 bits per heavy atom. The zero-order valence-electron chi connectivity index (χ0n) is 18.2. The van der Waals surface area contributed by atoms with E-state index >= 15 is 0 Å². The van der Waals surface area contributed by atoms with Gasteiger partial charge < -0.3 is 4.57 Å². The van der Waals surface area contributed by atoms with Gasteiger partial charge in [0.05, 0.1) is 36.9 Å². The van der Waals surface area contributed by atoms with Gasteiger partial charge in [-0.2, -0.15) is 5.10 Å². The third-order valence-corrected chi connectivity index (χ3v) is 8.15. The minimum absolute atomic E-state index is 0.487. The molecule has 9 heteroatoms. The van der Waals surface area contributed by atoms with Crippen LogP contribution in [0, 0.1) is 27.7 Å². The van der Waals surface area contributed by atoms with Gasteiger partial charge in [0, 0.05) is 30.9 Å². The summed E-state index contributed by atoms with van der Waals surface area (Å²) in [7, 11) is -0.497. The summed E-state index contributed by atoms with van der Waals surface area (Å²) >= 11 is 0. The van der Waals surface area contributed by atoms with Crippen molar-refractivity contribution in [1.82, 2.24) is 24.1 Å². The van der Waals surface area contributed by atoms with Crippen LogP contribution in [0.5, 0.6) is 0 Å². The highest BCUT2D eigenvalue weighted by Gasteiger charge is 2.26. The van der Waals surface area contributed by atoms with Gasteiger partial charge in [-0.15, -0.1) is 0 Å². The summed E-state index contributed by atoms with van der Waals surface area (Å²) in [5.74, 6) is 1.09. The number of imidazole rings is 1. The molecule has 0 saturated carbocycles. The first kappa shape index (κ1) is 20.9. The highest BCUT2D eigenvalue weighted by molar-refractivity contribution is 7.85. The van der Waals surface area contributed by atoms with E-state index in [1.165, 1.54) is 11.1 Å². The predicted molar refractivity (Wildman–Crippen MR) is 121 cm³/mol. The van der Waals surface area contributed by atoms with E-state index in [9.17, 15) is 8.42 Å². The van der Waals surface area contributed by atoms with Gasteiger partial charge in [0.1, 0.15) is 11.2 Å². The fraction of sp³-hybridized carbons (Fsp3) is 0.381. The van der Waals surface area contributed by atoms with Crippen molar-refractivity contribution in [1.29, 1.82) is 0 Å². The molecule has 158 valence electrons. The maximum absolute atomic E-state index is 13.2. The van der Waals surface area contributed by atoms with Gasteiger partial charge in [0.2, 0.25) is 0 Å². The molecule has 0 bridgehead atoms. The summed E-state index contributed by atoms with van der Waals surface area (Å²) in [5.41, 5.74) is 7.26. The number of fused-ring (bicyclic) bond motifs is 2. The van der Waals surface area contributed by atoms with Crippen molar-refractivity contribution in [2.45, 2.75) is 44.4 Å². The van der Waals surface area contributed by atoms with Crippen LogP contribution in [-0.2, 0) is 28.6 Å². The molecule has 0 radical (unpaired) electrons. The molecule has 4 aromatic rings. The van der Waals surface area contributed by atoms with Crippen LogP contribution < -0.4 is 0 Å². The van der Waals surface area contributed by atoms with E-state index in [1.54, 1.807) is 18.5 Å². The van der Waals surface area contributed by atoms with Crippen molar-refractivity contribution in [3.05, 3.63) is 34.6 Å².